The van der Waals surface area contributed by atoms with E-state index in [-0.39, 0.29) is 90.3 Å². The van der Waals surface area contributed by atoms with Crippen LogP contribution in [-0.4, -0.2) is 160 Å². The van der Waals surface area contributed by atoms with Crippen LogP contribution in [-0.2, 0) is 103 Å². The van der Waals surface area contributed by atoms with Crippen molar-refractivity contribution < 1.29 is 131 Å². The van der Waals surface area contributed by atoms with Gasteiger partial charge in [-0.05, 0) is 191 Å². The molecule has 0 fully saturated rings. The van der Waals surface area contributed by atoms with Gasteiger partial charge in [0.2, 0.25) is 40.3 Å². The number of carbonyl (C=O) groups excluding carboxylic acids is 13. The van der Waals surface area contributed by atoms with Crippen molar-refractivity contribution in [3.8, 4) is 5.75 Å². The molecule has 33 nitrogen and oxygen atoms in total. The Balaban J connectivity index is 0.000000274. The third kappa shape index (κ3) is 39.9. The molecule has 0 unspecified atom stereocenters. The number of unbranched alkanes of at least 4 members (excludes halogenated alkanes) is 2. The van der Waals surface area contributed by atoms with Crippen molar-refractivity contribution >= 4 is 135 Å². The van der Waals surface area contributed by atoms with Crippen molar-refractivity contribution in [2.45, 2.75) is 156 Å². The number of hydrogen-bond donors (Lipinski definition) is 0. The summed E-state index contributed by atoms with van der Waals surface area (Å²) in [5.74, 6) is -5.75. The Labute approximate surface area is 828 Å². The quantitative estimate of drug-likeness (QED) is 0.00394. The predicted molar refractivity (Wildman–Crippen MR) is 533 cm³/mol. The van der Waals surface area contributed by atoms with Gasteiger partial charge in [-0.15, -0.1) is 0 Å². The molecule has 0 spiro atoms. The van der Waals surface area contributed by atoms with Crippen LogP contribution in [0.5, 0.6) is 5.75 Å². The van der Waals surface area contributed by atoms with Gasteiger partial charge < -0.3 is 28.5 Å². The number of ketones is 8. The Bertz CT molecular complexity index is 6250. The van der Waals surface area contributed by atoms with Gasteiger partial charge in [0.05, 0.1) is 52.5 Å². The van der Waals surface area contributed by atoms with E-state index in [9.17, 15) is 75.3 Å². The average molecular weight is 2000 g/mol. The van der Waals surface area contributed by atoms with E-state index in [0.29, 0.717) is 54.7 Å². The van der Waals surface area contributed by atoms with Crippen LogP contribution in [0.1, 0.15) is 207 Å². The summed E-state index contributed by atoms with van der Waals surface area (Å²) in [4.78, 5) is 173. The smallest absolute Gasteiger partial charge is 0.497 e. The third-order valence-electron chi connectivity index (χ3n) is 19.3. The largest absolute Gasteiger partial charge is 0.550 e. The van der Waals surface area contributed by atoms with Crippen molar-refractivity contribution in [1.82, 2.24) is 0 Å². The van der Waals surface area contributed by atoms with Crippen LogP contribution < -0.4 is 4.74 Å². The summed E-state index contributed by atoms with van der Waals surface area (Å²) in [6.45, 7) is 22.1. The van der Waals surface area contributed by atoms with Crippen molar-refractivity contribution in [3.63, 3.8) is 0 Å². The fraction of sp³-hybridized carbons (Fsp3) is 0.264. The van der Waals surface area contributed by atoms with Gasteiger partial charge in [-0.3, -0.25) is 66.0 Å². The Morgan fingerprint density at radius 1 is 0.352 bits per heavy atom. The molecular formula is C106H112N5O28PS2. The fourth-order valence-corrected chi connectivity index (χ4v) is 14.4. The van der Waals surface area contributed by atoms with Gasteiger partial charge in [-0.25, -0.2) is 28.5 Å². The first-order chi connectivity index (χ1) is 68.0. The van der Waals surface area contributed by atoms with E-state index in [4.69, 9.17) is 32.7 Å². The highest BCUT2D eigenvalue weighted by molar-refractivity contribution is 7.99. The molecule has 10 rings (SSSR count). The summed E-state index contributed by atoms with van der Waals surface area (Å²) >= 11 is 1.68. The van der Waals surface area contributed by atoms with Gasteiger partial charge in [0.15, 0.2) is 23.0 Å². The third-order valence-corrected chi connectivity index (χ3v) is 22.9. The van der Waals surface area contributed by atoms with Gasteiger partial charge in [-0.1, -0.05) is 255 Å². The van der Waals surface area contributed by atoms with Crippen LogP contribution in [0.25, 0.3) is 0 Å². The Morgan fingerprint density at radius 2 is 0.711 bits per heavy atom. The summed E-state index contributed by atoms with van der Waals surface area (Å²) in [6.07, 6.45) is 2.52. The topological polar surface area (TPSA) is 446 Å². The molecule has 10 aromatic rings. The zero-order valence-corrected chi connectivity index (χ0v) is 83.6. The second kappa shape index (κ2) is 61.2. The summed E-state index contributed by atoms with van der Waals surface area (Å²) in [5, 5.41) is 17.5. The fourth-order valence-electron chi connectivity index (χ4n) is 11.8. The molecule has 10 aromatic carbocycles. The van der Waals surface area contributed by atoms with E-state index >= 15 is 0 Å². The second-order valence-corrected chi connectivity index (χ2v) is 34.3. The number of phosphoric ester groups is 1. The van der Waals surface area contributed by atoms with Crippen LogP contribution in [0.4, 0.5) is 9.59 Å². The van der Waals surface area contributed by atoms with E-state index in [2.05, 4.69) is 73.5 Å². The number of hydrogen-bond acceptors (Lipinski definition) is 34. The van der Waals surface area contributed by atoms with Crippen molar-refractivity contribution in [3.05, 3.63) is 333 Å². The first kappa shape index (κ1) is 115. The molecule has 0 aliphatic carbocycles. The normalized spacial score (nSPS) is 11.3. The molecule has 0 bridgehead atoms. The molecule has 0 amide bonds. The molecule has 0 radical (unpaired) electrons. The van der Waals surface area contributed by atoms with E-state index in [1.165, 1.54) is 90.7 Å². The first-order valence-electron chi connectivity index (χ1n) is 44.9. The van der Waals surface area contributed by atoms with Gasteiger partial charge >= 0.3 is 48.2 Å². The van der Waals surface area contributed by atoms with Crippen molar-refractivity contribution in [1.29, 1.82) is 0 Å². The Morgan fingerprint density at radius 3 is 1.11 bits per heavy atom. The highest BCUT2D eigenvalue weighted by Crippen LogP contribution is 2.49. The number of Topliss-reactive ketones (excluding diaryl/α,β-unsaturated/α-hetero) is 7. The lowest BCUT2D eigenvalue weighted by Gasteiger charge is -2.14. The number of ether oxygens (including phenoxy) is 5. The van der Waals surface area contributed by atoms with Gasteiger partial charge in [0, 0.05) is 74.9 Å². The highest BCUT2D eigenvalue weighted by Gasteiger charge is 2.33. The zero-order chi connectivity index (χ0) is 104. The lowest BCUT2D eigenvalue weighted by atomic mass is 9.99. The maximum atomic E-state index is 13.0. The molecular weight excluding hydrogens is 1890 g/mol. The van der Waals surface area contributed by atoms with Crippen LogP contribution in [0, 0.1) is 27.7 Å². The SMILES string of the molecule is CC(=O)O/N=C(\C)c1ccc(CCc2ccc(C(=O)c3ccc(Sc4ccccc4)cc3)cc2)cc1.CCOC(=O)/C(=N\OS(=O)(=O)c1ccccc1)C(=O)c1ccc(C)cc1.CCOC(=O)O/N=C(\C(=O)CCCCCC(=O)CC)C(=O)c1ccc(C)cc1.CCOC(=O)O/N=C(\C(=O)OCC)C(=O)c1ccc(C)cc1.CCOP(=O)(OCC)O/N=C(/C(=O)c1ccc(C)cc1)C(=O)c1ccc(OC)cc1. The summed E-state index contributed by atoms with van der Waals surface area (Å²) in [6, 6.07) is 73.4. The van der Waals surface area contributed by atoms with E-state index in [1.54, 1.807) is 151 Å². The molecule has 0 saturated heterocycles. The standard InChI is InChI=1S/C31H27NO3S.C21H24NO7P.C21H27NO6.C18H17NO6S.C15H17NO6/c1-22(32-35-23(2)33)26-14-10-24(11-15-26)8-9-25-12-16-27(17-13-25)31(34)28-18-20-30(21-19-28)36-29-6-4-3-5-7-29;1-5-27-30(25,28-6-2)29-22-19(20(23)16-9-7-15(3)8-10-16)21(24)17-11-13-18(26-4)14-12-17;1-4-17(23)9-7-6-8-10-18(24)19(22-28-21(26)27-5-2)20(25)16-13-11-15(3)12-14-16;1-3-24-18(21)16(17(20)14-11-9-13(2)10-12-14)19-25-26(22,23)15-7-5-4-6-8-15;1-4-20-14(18)12(16-22-15(19)21-5-2)13(17)11-8-6-10(3)7-9-11/h3-7,10-21H,8-9H2,1-2H3;7-14H,5-6H2,1-4H3;11-14H,4-10H2,1-3H3;4-12H,3H2,1-2H3;6-9H,4-5H2,1-3H3/b32-22+;22-19-;22-19+;19-16-;16-12-. The van der Waals surface area contributed by atoms with E-state index in [1.807, 2.05) is 113 Å². The molecule has 0 aliphatic rings. The summed E-state index contributed by atoms with van der Waals surface area (Å²) in [7, 11) is -6.84. The second-order valence-electron chi connectivity index (χ2n) is 30.1. The molecule has 0 atom stereocenters. The number of rotatable bonds is 45. The average Bonchev–Trinajstić information content (AvgIpc) is 0.816. The summed E-state index contributed by atoms with van der Waals surface area (Å²) in [5.41, 5.74) is 7.79. The number of carbonyl (C=O) groups is 13. The molecule has 0 N–H and O–H groups in total. The van der Waals surface area contributed by atoms with Crippen molar-refractivity contribution in [2.75, 3.05) is 46.8 Å². The number of methoxy groups -OCH3 is 1. The maximum Gasteiger partial charge on any atom is 0.550 e. The predicted octanol–water partition coefficient (Wildman–Crippen LogP) is 20.7. The van der Waals surface area contributed by atoms with E-state index < -0.39 is 106 Å². The molecule has 746 valence electrons. The van der Waals surface area contributed by atoms with Crippen LogP contribution in [0.3, 0.4) is 0 Å². The number of esters is 2. The Kier molecular flexibility index (Phi) is 49.8. The molecule has 0 saturated carbocycles. The number of phosphoric acid groups is 1. The minimum atomic E-state index is -4.27. The number of benzene rings is 10. The molecule has 0 heterocycles. The van der Waals surface area contributed by atoms with Gasteiger partial charge in [0.25, 0.3) is 0 Å². The molecule has 142 heavy (non-hydrogen) atoms. The van der Waals surface area contributed by atoms with Crippen LogP contribution in [0.2, 0.25) is 0 Å². The molecule has 0 aromatic heterocycles. The minimum absolute atomic E-state index is 0.00946. The first-order valence-corrected chi connectivity index (χ1v) is 48.6. The zero-order valence-electron chi connectivity index (χ0n) is 81.1. The summed E-state index contributed by atoms with van der Waals surface area (Å²) < 4.78 is 80.0. The van der Waals surface area contributed by atoms with E-state index in [0.717, 1.165) is 45.6 Å². The van der Waals surface area contributed by atoms with Gasteiger partial charge in [-0.2, -0.15) is 8.42 Å². The molecule has 36 heteroatoms. The maximum absolute atomic E-state index is 13.0. The number of aryl methyl sites for hydroxylation is 6. The number of oxime groups is 5. The highest BCUT2D eigenvalue weighted by atomic mass is 32.2. The molecule has 0 aliphatic heterocycles. The van der Waals surface area contributed by atoms with Gasteiger partial charge in [0.1, 0.15) is 16.4 Å². The van der Waals surface area contributed by atoms with Crippen LogP contribution in [0.15, 0.2) is 295 Å². The van der Waals surface area contributed by atoms with Crippen LogP contribution >= 0.6 is 19.6 Å². The Hall–Kier alpha value is -15.3. The monoisotopic (exact) mass is 2000 g/mol. The van der Waals surface area contributed by atoms with Crippen molar-refractivity contribution in [2.24, 2.45) is 25.8 Å². The number of nitrogens with zero attached hydrogens (tertiary/aromatic N) is 5. The lowest BCUT2D eigenvalue weighted by molar-refractivity contribution is -0.141. The minimum Gasteiger partial charge on any atom is -0.497 e. The lowest BCUT2D eigenvalue weighted by Crippen LogP contribution is -2.27.